The van der Waals surface area contributed by atoms with Crippen LogP contribution in [-0.2, 0) is 4.74 Å². The number of nitrogens with one attached hydrogen (secondary N) is 1. The van der Waals surface area contributed by atoms with Gasteiger partial charge < -0.3 is 9.72 Å². The highest BCUT2D eigenvalue weighted by molar-refractivity contribution is 6.06. The number of carbonyl (C=O) groups is 2. The number of ketones is 1. The number of Topliss-reactive ketones (excluding diaryl/α,β-unsaturated/α-hetero) is 1. The van der Waals surface area contributed by atoms with Crippen LogP contribution in [0.25, 0.3) is 0 Å². The molecule has 102 valence electrons. The number of fused-ring (bicyclic) bond motifs is 1. The van der Waals surface area contributed by atoms with Gasteiger partial charge in [0.25, 0.3) is 0 Å². The second-order valence-electron chi connectivity index (χ2n) is 5.37. The Balaban J connectivity index is 2.39. The molecule has 2 rings (SSSR count). The Hall–Kier alpha value is -2.11. The summed E-state index contributed by atoms with van der Waals surface area (Å²) in [5, 5.41) is 0. The zero-order valence-corrected chi connectivity index (χ0v) is 11.1. The van der Waals surface area contributed by atoms with Crippen LogP contribution in [0, 0.1) is 0 Å². The molecule has 1 aromatic heterocycles. The monoisotopic (exact) mass is 264 g/mol. The van der Waals surface area contributed by atoms with Crippen molar-refractivity contribution in [2.24, 2.45) is 0 Å². The Morgan fingerprint density at radius 1 is 1.37 bits per heavy atom. The van der Waals surface area contributed by atoms with Crippen molar-refractivity contribution in [3.63, 3.8) is 0 Å². The first-order valence-electron chi connectivity index (χ1n) is 6.05. The average molecular weight is 264 g/mol. The topological polar surface area (TPSA) is 79.5 Å². The van der Waals surface area contributed by atoms with Crippen molar-refractivity contribution >= 4 is 17.7 Å². The third kappa shape index (κ3) is 2.67. The number of H-pyrrole nitrogens is 1. The molecule has 1 aromatic rings. The quantitative estimate of drug-likeness (QED) is 0.773. The van der Waals surface area contributed by atoms with Gasteiger partial charge in [-0.3, -0.25) is 14.5 Å². The van der Waals surface area contributed by atoms with Gasteiger partial charge in [0.05, 0.1) is 0 Å². The minimum atomic E-state index is -0.631. The van der Waals surface area contributed by atoms with Crippen molar-refractivity contribution in [2.75, 3.05) is 11.4 Å². The standard InChI is InChI=1S/C13H16N2O4/c1-13(2,3)19-12(18)15-7-5-9(17)10-8(16)4-6-14-11(10)15/h4,6H,5,7H2,1-3H3,(H,14,16). The van der Waals surface area contributed by atoms with E-state index in [2.05, 4.69) is 4.98 Å². The molecule has 0 bridgehead atoms. The number of aromatic nitrogens is 1. The smallest absolute Gasteiger partial charge is 0.415 e. The van der Waals surface area contributed by atoms with Crippen molar-refractivity contribution in [3.8, 4) is 0 Å². The Bertz CT molecular complexity index is 583. The van der Waals surface area contributed by atoms with E-state index in [4.69, 9.17) is 4.74 Å². The van der Waals surface area contributed by atoms with Gasteiger partial charge in [-0.1, -0.05) is 0 Å². The third-order valence-corrected chi connectivity index (χ3v) is 2.66. The van der Waals surface area contributed by atoms with Crippen LogP contribution in [0.1, 0.15) is 37.6 Å². The second kappa shape index (κ2) is 4.53. The van der Waals surface area contributed by atoms with Gasteiger partial charge in [-0.15, -0.1) is 0 Å². The summed E-state index contributed by atoms with van der Waals surface area (Å²) in [6.45, 7) is 5.48. The minimum absolute atomic E-state index is 0.0274. The molecule has 1 amide bonds. The number of nitrogens with zero attached hydrogens (tertiary/aromatic N) is 1. The van der Waals surface area contributed by atoms with Gasteiger partial charge in [0.1, 0.15) is 17.0 Å². The molecule has 0 unspecified atom stereocenters. The molecule has 0 fully saturated rings. The van der Waals surface area contributed by atoms with Crippen LogP contribution in [0.15, 0.2) is 17.1 Å². The summed E-state index contributed by atoms with van der Waals surface area (Å²) < 4.78 is 5.26. The van der Waals surface area contributed by atoms with E-state index in [1.807, 2.05) is 0 Å². The number of carbonyl (C=O) groups excluding carboxylic acids is 2. The van der Waals surface area contributed by atoms with Crippen LogP contribution >= 0.6 is 0 Å². The molecule has 0 atom stereocenters. The molecule has 2 heterocycles. The summed E-state index contributed by atoms with van der Waals surface area (Å²) in [5.74, 6) is -0.0327. The number of pyridine rings is 1. The number of ether oxygens (including phenoxy) is 1. The Morgan fingerprint density at radius 3 is 2.68 bits per heavy atom. The predicted octanol–water partition coefficient (Wildman–Crippen LogP) is 1.70. The highest BCUT2D eigenvalue weighted by Gasteiger charge is 2.32. The van der Waals surface area contributed by atoms with Gasteiger partial charge in [-0.2, -0.15) is 0 Å². The van der Waals surface area contributed by atoms with Gasteiger partial charge in [0.2, 0.25) is 0 Å². The highest BCUT2D eigenvalue weighted by atomic mass is 16.6. The largest absolute Gasteiger partial charge is 0.443 e. The lowest BCUT2D eigenvalue weighted by molar-refractivity contribution is 0.0576. The van der Waals surface area contributed by atoms with Crippen LogP contribution in [0.3, 0.4) is 0 Å². The predicted molar refractivity (Wildman–Crippen MR) is 69.6 cm³/mol. The number of anilines is 1. The molecule has 0 saturated carbocycles. The number of hydrogen-bond acceptors (Lipinski definition) is 4. The lowest BCUT2D eigenvalue weighted by atomic mass is 10.0. The van der Waals surface area contributed by atoms with Gasteiger partial charge in [0, 0.05) is 25.2 Å². The number of aromatic amines is 1. The number of hydrogen-bond donors (Lipinski definition) is 1. The Morgan fingerprint density at radius 2 is 2.05 bits per heavy atom. The number of amides is 1. The van der Waals surface area contributed by atoms with E-state index in [1.165, 1.54) is 17.2 Å². The van der Waals surface area contributed by atoms with Crippen molar-refractivity contribution in [2.45, 2.75) is 32.8 Å². The van der Waals surface area contributed by atoms with Crippen LogP contribution in [-0.4, -0.2) is 29.0 Å². The molecule has 1 N–H and O–H groups in total. The number of rotatable bonds is 0. The molecule has 1 aliphatic rings. The molecule has 1 aliphatic heterocycles. The molecule has 0 aromatic carbocycles. The zero-order chi connectivity index (χ0) is 14.2. The normalized spacial score (nSPS) is 15.1. The summed E-state index contributed by atoms with van der Waals surface area (Å²) in [7, 11) is 0. The van der Waals surface area contributed by atoms with Crippen molar-refractivity contribution in [3.05, 3.63) is 28.0 Å². The zero-order valence-electron chi connectivity index (χ0n) is 11.1. The maximum absolute atomic E-state index is 12.1. The van der Waals surface area contributed by atoms with E-state index in [0.717, 1.165) is 0 Å². The summed E-state index contributed by atoms with van der Waals surface area (Å²) >= 11 is 0. The van der Waals surface area contributed by atoms with E-state index in [1.54, 1.807) is 20.8 Å². The molecule has 0 spiro atoms. The first kappa shape index (κ1) is 13.3. The molecule has 0 aliphatic carbocycles. The first-order chi connectivity index (χ1) is 8.79. The van der Waals surface area contributed by atoms with Crippen molar-refractivity contribution in [1.29, 1.82) is 0 Å². The molecule has 6 heteroatoms. The lowest BCUT2D eigenvalue weighted by Gasteiger charge is -2.30. The maximum atomic E-state index is 12.1. The summed E-state index contributed by atoms with van der Waals surface area (Å²) in [4.78, 5) is 39.6. The fourth-order valence-electron chi connectivity index (χ4n) is 1.90. The molecule has 0 saturated heterocycles. The van der Waals surface area contributed by atoms with Crippen LogP contribution in [0.2, 0.25) is 0 Å². The van der Waals surface area contributed by atoms with Gasteiger partial charge >= 0.3 is 6.09 Å². The van der Waals surface area contributed by atoms with Crippen LogP contribution < -0.4 is 10.3 Å². The molecule has 19 heavy (non-hydrogen) atoms. The van der Waals surface area contributed by atoms with E-state index < -0.39 is 11.7 Å². The summed E-state index contributed by atoms with van der Waals surface area (Å²) in [6, 6.07) is 1.27. The van der Waals surface area contributed by atoms with Gasteiger partial charge in [-0.25, -0.2) is 4.79 Å². The van der Waals surface area contributed by atoms with E-state index in [9.17, 15) is 14.4 Å². The maximum Gasteiger partial charge on any atom is 0.415 e. The third-order valence-electron chi connectivity index (χ3n) is 2.66. The highest BCUT2D eigenvalue weighted by Crippen LogP contribution is 2.23. The van der Waals surface area contributed by atoms with Crippen LogP contribution in [0.4, 0.5) is 10.6 Å². The Kier molecular flexibility index (Phi) is 3.18. The van der Waals surface area contributed by atoms with Crippen LogP contribution in [0.5, 0.6) is 0 Å². The fraction of sp³-hybridized carbons (Fsp3) is 0.462. The van der Waals surface area contributed by atoms with E-state index in [-0.39, 0.29) is 35.6 Å². The summed E-state index contributed by atoms with van der Waals surface area (Å²) in [5.41, 5.74) is -0.986. The van der Waals surface area contributed by atoms with Crippen molar-refractivity contribution in [1.82, 2.24) is 4.98 Å². The SMILES string of the molecule is CC(C)(C)OC(=O)N1CCC(=O)c2c1[nH]ccc2=O. The van der Waals surface area contributed by atoms with Crippen molar-refractivity contribution < 1.29 is 14.3 Å². The lowest BCUT2D eigenvalue weighted by Crippen LogP contribution is -2.43. The minimum Gasteiger partial charge on any atom is -0.443 e. The fourth-order valence-corrected chi connectivity index (χ4v) is 1.90. The molecule has 0 radical (unpaired) electrons. The molecular formula is C13H16N2O4. The van der Waals surface area contributed by atoms with Gasteiger partial charge in [0.15, 0.2) is 11.2 Å². The van der Waals surface area contributed by atoms with Gasteiger partial charge in [-0.05, 0) is 20.8 Å². The first-order valence-corrected chi connectivity index (χ1v) is 6.05. The summed E-state index contributed by atoms with van der Waals surface area (Å²) in [6.07, 6.45) is 0.972. The van der Waals surface area contributed by atoms with E-state index in [0.29, 0.717) is 0 Å². The average Bonchev–Trinajstić information content (AvgIpc) is 2.26. The second-order valence-corrected chi connectivity index (χ2v) is 5.37. The molecule has 6 nitrogen and oxygen atoms in total. The van der Waals surface area contributed by atoms with E-state index >= 15 is 0 Å². The molecular weight excluding hydrogens is 248 g/mol. The Labute approximate surface area is 110 Å².